The number of nitrogens with one attached hydrogen (secondary N) is 1. The Balaban J connectivity index is 1.88. The molecule has 0 spiro atoms. The molecule has 2 aromatic rings. The van der Waals surface area contributed by atoms with E-state index in [-0.39, 0.29) is 12.3 Å². The number of carbonyl (C=O) groups is 1. The van der Waals surface area contributed by atoms with Crippen LogP contribution in [0.25, 0.3) is 0 Å². The van der Waals surface area contributed by atoms with Crippen molar-refractivity contribution in [2.45, 2.75) is 6.42 Å². The first-order valence-corrected chi connectivity index (χ1v) is 6.13. The Kier molecular flexibility index (Phi) is 4.83. The van der Waals surface area contributed by atoms with E-state index >= 15 is 0 Å². The number of hydrazone groups is 1. The van der Waals surface area contributed by atoms with Crippen LogP contribution in [0.15, 0.2) is 53.9 Å². The molecule has 1 N–H and O–H groups in total. The maximum Gasteiger partial charge on any atom is 0.244 e. The van der Waals surface area contributed by atoms with Crippen LogP contribution >= 0.6 is 0 Å². The third-order valence-corrected chi connectivity index (χ3v) is 2.61. The summed E-state index contributed by atoms with van der Waals surface area (Å²) in [5.41, 5.74) is 4.24. The van der Waals surface area contributed by atoms with Gasteiger partial charge in [0.05, 0.1) is 19.7 Å². The number of rotatable bonds is 5. The molecule has 0 atom stereocenters. The van der Waals surface area contributed by atoms with Crippen LogP contribution in [0.5, 0.6) is 5.75 Å². The Morgan fingerprint density at radius 2 is 2.15 bits per heavy atom. The number of methoxy groups -OCH3 is 1. The van der Waals surface area contributed by atoms with Gasteiger partial charge in [0.25, 0.3) is 0 Å². The summed E-state index contributed by atoms with van der Waals surface area (Å²) in [5, 5.41) is 3.90. The molecule has 20 heavy (non-hydrogen) atoms. The van der Waals surface area contributed by atoms with Crippen molar-refractivity contribution in [3.05, 3.63) is 59.9 Å². The van der Waals surface area contributed by atoms with Gasteiger partial charge in [0.15, 0.2) is 0 Å². The molecule has 0 fully saturated rings. The molecule has 102 valence electrons. The highest BCUT2D eigenvalue weighted by Crippen LogP contribution is 2.12. The third-order valence-electron chi connectivity index (χ3n) is 2.61. The molecular formula is C15H15N3O2. The molecule has 5 nitrogen and oxygen atoms in total. The molecule has 0 bridgehead atoms. The lowest BCUT2D eigenvalue weighted by Gasteiger charge is -2.03. The predicted octanol–water partition coefficient (Wildman–Crippen LogP) is 1.78. The molecule has 1 heterocycles. The Hall–Kier alpha value is -2.69. The van der Waals surface area contributed by atoms with Gasteiger partial charge in [-0.25, -0.2) is 5.43 Å². The smallest absolute Gasteiger partial charge is 0.244 e. The van der Waals surface area contributed by atoms with E-state index in [0.717, 1.165) is 16.9 Å². The summed E-state index contributed by atoms with van der Waals surface area (Å²) < 4.78 is 5.11. The third kappa shape index (κ3) is 4.20. The van der Waals surface area contributed by atoms with Crippen LogP contribution in [0.1, 0.15) is 11.1 Å². The number of hydrogen-bond acceptors (Lipinski definition) is 4. The van der Waals surface area contributed by atoms with Gasteiger partial charge in [-0.15, -0.1) is 0 Å². The molecule has 0 aliphatic carbocycles. The highest BCUT2D eigenvalue weighted by molar-refractivity contribution is 5.83. The van der Waals surface area contributed by atoms with Crippen LogP contribution in [-0.4, -0.2) is 24.2 Å². The zero-order valence-electron chi connectivity index (χ0n) is 11.1. The molecule has 2 rings (SSSR count). The second-order valence-electron chi connectivity index (χ2n) is 4.10. The second-order valence-corrected chi connectivity index (χ2v) is 4.10. The van der Waals surface area contributed by atoms with Crippen LogP contribution in [-0.2, 0) is 11.2 Å². The van der Waals surface area contributed by atoms with Gasteiger partial charge in [0.1, 0.15) is 5.75 Å². The Morgan fingerprint density at radius 1 is 1.35 bits per heavy atom. The molecular weight excluding hydrogens is 254 g/mol. The molecule has 0 aliphatic heterocycles. The average Bonchev–Trinajstić information content (AvgIpc) is 2.48. The van der Waals surface area contributed by atoms with Gasteiger partial charge in [-0.2, -0.15) is 5.10 Å². The van der Waals surface area contributed by atoms with Gasteiger partial charge in [-0.3, -0.25) is 9.78 Å². The largest absolute Gasteiger partial charge is 0.497 e. The van der Waals surface area contributed by atoms with Crippen LogP contribution in [0.4, 0.5) is 0 Å². The minimum atomic E-state index is -0.177. The van der Waals surface area contributed by atoms with Gasteiger partial charge < -0.3 is 4.74 Å². The highest BCUT2D eigenvalue weighted by Gasteiger charge is 2.02. The maximum atomic E-state index is 11.7. The second kappa shape index (κ2) is 7.04. The Morgan fingerprint density at radius 3 is 2.90 bits per heavy atom. The number of pyridine rings is 1. The summed E-state index contributed by atoms with van der Waals surface area (Å²) in [4.78, 5) is 15.6. The van der Waals surface area contributed by atoms with Crippen molar-refractivity contribution in [3.63, 3.8) is 0 Å². The van der Waals surface area contributed by atoms with Gasteiger partial charge in [-0.05, 0) is 35.4 Å². The number of hydrogen-bond donors (Lipinski definition) is 1. The lowest BCUT2D eigenvalue weighted by atomic mass is 10.1. The molecule has 1 amide bonds. The zero-order valence-corrected chi connectivity index (χ0v) is 11.1. The fourth-order valence-corrected chi connectivity index (χ4v) is 1.64. The predicted molar refractivity (Wildman–Crippen MR) is 76.7 cm³/mol. The van der Waals surface area contributed by atoms with Crippen molar-refractivity contribution < 1.29 is 9.53 Å². The van der Waals surface area contributed by atoms with Crippen molar-refractivity contribution in [1.82, 2.24) is 10.4 Å². The Bertz CT molecular complexity index is 597. The summed E-state index contributed by atoms with van der Waals surface area (Å²) in [5.74, 6) is 0.555. The molecule has 1 aromatic heterocycles. The number of benzene rings is 1. The van der Waals surface area contributed by atoms with E-state index < -0.39 is 0 Å². The van der Waals surface area contributed by atoms with E-state index in [1.165, 1.54) is 0 Å². The lowest BCUT2D eigenvalue weighted by molar-refractivity contribution is -0.120. The quantitative estimate of drug-likeness (QED) is 0.664. The van der Waals surface area contributed by atoms with Gasteiger partial charge in [0, 0.05) is 12.4 Å². The SMILES string of the molecule is COc1cccc(CC(=O)NN=Cc2ccncc2)c1. The van der Waals surface area contributed by atoms with Crippen molar-refractivity contribution >= 4 is 12.1 Å². The van der Waals surface area contributed by atoms with Gasteiger partial charge in [-0.1, -0.05) is 12.1 Å². The normalized spacial score (nSPS) is 10.4. The number of ether oxygens (including phenoxy) is 1. The van der Waals surface area contributed by atoms with Gasteiger partial charge >= 0.3 is 0 Å². The summed E-state index contributed by atoms with van der Waals surface area (Å²) in [6.45, 7) is 0. The topological polar surface area (TPSA) is 63.6 Å². The minimum Gasteiger partial charge on any atom is -0.497 e. The molecule has 0 saturated heterocycles. The standard InChI is InChI=1S/C15H15N3O2/c1-20-14-4-2-3-13(9-14)10-15(19)18-17-11-12-5-7-16-8-6-12/h2-9,11H,10H2,1H3,(H,18,19). The molecule has 5 heteroatoms. The van der Waals surface area contributed by atoms with E-state index in [0.29, 0.717) is 0 Å². The Labute approximate surface area is 117 Å². The molecule has 1 aromatic carbocycles. The fourth-order valence-electron chi connectivity index (χ4n) is 1.64. The van der Waals surface area contributed by atoms with E-state index in [4.69, 9.17) is 4.74 Å². The fraction of sp³-hybridized carbons (Fsp3) is 0.133. The molecule has 0 saturated carbocycles. The first-order chi connectivity index (χ1) is 9.78. The van der Waals surface area contributed by atoms with E-state index in [1.54, 1.807) is 37.9 Å². The number of amides is 1. The summed E-state index contributed by atoms with van der Waals surface area (Å²) >= 11 is 0. The van der Waals surface area contributed by atoms with Crippen LogP contribution in [0.2, 0.25) is 0 Å². The molecule has 0 radical (unpaired) electrons. The zero-order chi connectivity index (χ0) is 14.2. The van der Waals surface area contributed by atoms with Crippen LogP contribution in [0.3, 0.4) is 0 Å². The number of carbonyl (C=O) groups excluding carboxylic acids is 1. The summed E-state index contributed by atoms with van der Waals surface area (Å²) in [6.07, 6.45) is 5.16. The van der Waals surface area contributed by atoms with Crippen molar-refractivity contribution in [2.24, 2.45) is 5.10 Å². The minimum absolute atomic E-state index is 0.177. The monoisotopic (exact) mass is 269 g/mol. The van der Waals surface area contributed by atoms with Crippen LogP contribution in [0, 0.1) is 0 Å². The van der Waals surface area contributed by atoms with E-state index in [9.17, 15) is 4.79 Å². The van der Waals surface area contributed by atoms with Crippen molar-refractivity contribution in [3.8, 4) is 5.75 Å². The summed E-state index contributed by atoms with van der Waals surface area (Å²) in [6, 6.07) is 11.0. The first-order valence-electron chi connectivity index (χ1n) is 6.13. The molecule has 0 aliphatic rings. The highest BCUT2D eigenvalue weighted by atomic mass is 16.5. The number of aromatic nitrogens is 1. The average molecular weight is 269 g/mol. The summed E-state index contributed by atoms with van der Waals surface area (Å²) in [7, 11) is 1.60. The first kappa shape index (κ1) is 13.7. The van der Waals surface area contributed by atoms with Gasteiger partial charge in [0.2, 0.25) is 5.91 Å². The van der Waals surface area contributed by atoms with Crippen LogP contribution < -0.4 is 10.2 Å². The van der Waals surface area contributed by atoms with E-state index in [2.05, 4.69) is 15.5 Å². The molecule has 0 unspecified atom stereocenters. The van der Waals surface area contributed by atoms with Crippen molar-refractivity contribution in [1.29, 1.82) is 0 Å². The lowest BCUT2D eigenvalue weighted by Crippen LogP contribution is -2.19. The number of nitrogens with zero attached hydrogens (tertiary/aromatic N) is 2. The van der Waals surface area contributed by atoms with Crippen molar-refractivity contribution in [2.75, 3.05) is 7.11 Å². The van der Waals surface area contributed by atoms with E-state index in [1.807, 2.05) is 24.3 Å². The maximum absolute atomic E-state index is 11.7.